The molecule has 8 aliphatic rings. The Morgan fingerprint density at radius 2 is 1.65 bits per heavy atom. The molecule has 7 saturated heterocycles. The van der Waals surface area contributed by atoms with Gasteiger partial charge in [0, 0.05) is 63.7 Å². The molecule has 57 heavy (non-hydrogen) atoms. The highest BCUT2D eigenvalue weighted by atomic mass is 16.7. The lowest BCUT2D eigenvalue weighted by atomic mass is 9.65. The summed E-state index contributed by atoms with van der Waals surface area (Å²) in [6.07, 6.45) is 9.30. The summed E-state index contributed by atoms with van der Waals surface area (Å²) in [7, 11) is 1.73. The average Bonchev–Trinajstić information content (AvgIpc) is 3.72. The molecule has 1 amide bonds. The molecule has 3 N–H and O–H groups in total. The van der Waals surface area contributed by atoms with Crippen molar-refractivity contribution in [1.29, 1.82) is 0 Å². The Morgan fingerprint density at radius 3 is 2.40 bits per heavy atom. The van der Waals surface area contributed by atoms with Crippen molar-refractivity contribution < 1.29 is 57.7 Å². The first-order valence-electron chi connectivity index (χ1n) is 22.4. The van der Waals surface area contributed by atoms with Crippen LogP contribution >= 0.6 is 0 Å². The van der Waals surface area contributed by atoms with Gasteiger partial charge in [-0.25, -0.2) is 0 Å². The van der Waals surface area contributed by atoms with Crippen LogP contribution in [0, 0.1) is 29.6 Å². The third-order valence-electron chi connectivity index (χ3n) is 15.2. The molecule has 1 saturated carbocycles. The molecule has 13 nitrogen and oxygen atoms in total. The van der Waals surface area contributed by atoms with Crippen molar-refractivity contribution in [3.8, 4) is 0 Å². The number of methoxy groups -OCH3 is 1. The number of aliphatic hydroxyl groups is 2. The minimum atomic E-state index is -1.54. The number of nitrogens with one attached hydrogen (secondary N) is 1. The van der Waals surface area contributed by atoms with Crippen molar-refractivity contribution in [2.45, 2.75) is 195 Å². The third kappa shape index (κ3) is 9.23. The first-order chi connectivity index (χ1) is 27.5. The molecule has 3 unspecified atom stereocenters. The fourth-order valence-electron chi connectivity index (χ4n) is 11.8. The molecule has 0 aromatic heterocycles. The Morgan fingerprint density at radius 1 is 0.842 bits per heavy atom. The number of amides is 1. The normalized spacial score (nSPS) is 49.6. The molecular formula is C44H69NO12. The molecule has 0 aromatic carbocycles. The van der Waals surface area contributed by atoms with E-state index in [1.165, 1.54) is 0 Å². The highest BCUT2D eigenvalue weighted by Gasteiger charge is 2.58. The molecular weight excluding hydrogens is 734 g/mol. The summed E-state index contributed by atoms with van der Waals surface area (Å²) >= 11 is 0. The van der Waals surface area contributed by atoms with Gasteiger partial charge in [0.25, 0.3) is 0 Å². The van der Waals surface area contributed by atoms with E-state index >= 15 is 0 Å². The lowest BCUT2D eigenvalue weighted by Gasteiger charge is -2.58. The van der Waals surface area contributed by atoms with Crippen LogP contribution in [-0.4, -0.2) is 134 Å². The van der Waals surface area contributed by atoms with Crippen LogP contribution in [0.1, 0.15) is 110 Å². The van der Waals surface area contributed by atoms with Crippen molar-refractivity contribution in [1.82, 2.24) is 5.32 Å². The number of carbonyl (C=O) groups excluding carboxylic acids is 2. The topological polar surface area (TPSA) is 160 Å². The minimum Gasteiger partial charge on any atom is -0.396 e. The van der Waals surface area contributed by atoms with E-state index in [2.05, 4.69) is 25.7 Å². The zero-order valence-electron chi connectivity index (χ0n) is 34.4. The second kappa shape index (κ2) is 18.2. The van der Waals surface area contributed by atoms with E-state index in [4.69, 9.17) is 37.9 Å². The minimum absolute atomic E-state index is 0.00699. The number of fused-ring (bicyclic) bond motifs is 8. The summed E-state index contributed by atoms with van der Waals surface area (Å²) in [6, 6.07) is 0. The second-order valence-electron chi connectivity index (χ2n) is 19.0. The maximum Gasteiger partial charge on any atom is 0.246 e. The highest BCUT2D eigenvalue weighted by Crippen LogP contribution is 2.50. The molecule has 322 valence electrons. The van der Waals surface area contributed by atoms with Gasteiger partial charge in [0.05, 0.1) is 73.2 Å². The molecule has 6 bridgehead atoms. The first kappa shape index (κ1) is 42.2. The summed E-state index contributed by atoms with van der Waals surface area (Å²) in [4.78, 5) is 24.9. The quantitative estimate of drug-likeness (QED) is 0.260. The fourth-order valence-corrected chi connectivity index (χ4v) is 11.8. The number of carbonyl (C=O) groups is 2. The molecule has 0 aromatic rings. The van der Waals surface area contributed by atoms with Crippen LogP contribution in [0.5, 0.6) is 0 Å². The van der Waals surface area contributed by atoms with Crippen molar-refractivity contribution in [2.24, 2.45) is 29.6 Å². The van der Waals surface area contributed by atoms with Crippen LogP contribution in [-0.2, 0) is 47.5 Å². The smallest absolute Gasteiger partial charge is 0.246 e. The number of rotatable bonds is 6. The molecule has 13 heteroatoms. The van der Waals surface area contributed by atoms with Crippen molar-refractivity contribution >= 4 is 12.2 Å². The Hall–Kier alpha value is -1.52. The van der Waals surface area contributed by atoms with E-state index in [9.17, 15) is 19.8 Å². The van der Waals surface area contributed by atoms with Crippen LogP contribution in [0.2, 0.25) is 0 Å². The largest absolute Gasteiger partial charge is 0.396 e. The van der Waals surface area contributed by atoms with Gasteiger partial charge in [-0.3, -0.25) is 4.79 Å². The van der Waals surface area contributed by atoms with E-state index in [1.54, 1.807) is 7.11 Å². The molecule has 19 atom stereocenters. The molecule has 7 heterocycles. The summed E-state index contributed by atoms with van der Waals surface area (Å²) in [5.41, 5.74) is 1.09. The maximum atomic E-state index is 13.0. The Bertz CT molecular complexity index is 1390. The van der Waals surface area contributed by atoms with E-state index in [-0.39, 0.29) is 110 Å². The monoisotopic (exact) mass is 803 g/mol. The number of aliphatic hydroxyl groups excluding tert-OH is 1. The van der Waals surface area contributed by atoms with Crippen molar-refractivity contribution in [3.05, 3.63) is 12.2 Å². The molecule has 7 aliphatic heterocycles. The highest BCUT2D eigenvalue weighted by molar-refractivity contribution is 5.77. The summed E-state index contributed by atoms with van der Waals surface area (Å²) in [5, 5.41) is 25.2. The van der Waals surface area contributed by atoms with E-state index < -0.39 is 18.0 Å². The fraction of sp³-hybridized carbons (Fsp3) is 0.909. The van der Waals surface area contributed by atoms with Gasteiger partial charge in [0.1, 0.15) is 19.0 Å². The molecule has 8 rings (SSSR count). The van der Waals surface area contributed by atoms with Gasteiger partial charge < -0.3 is 58.2 Å². The standard InChI is InChI=1S/C44H69NO12/c1-24-5-7-28-8-10-33-25(2)17-29(53-33)13-14-44(49,15-16-46)57-42-32-18-26(3)40(32)56-35-12-11-34(55-43(35)42)27(22-47)6-9-31-37(20-36(24)52-28)54-38(41(31)50-4)19-30-21-45-39(48)23-51-30/h22,25-38,40-43,46,49H,1,5-21,23H2,2-4H3,(H,45,48)/t25?,26-,27?,28-,29+,30+,31+,32?,33+,34-,35+,36-,37+,38-,40+,41-,42-,43+,44+/m1/s1. The third-order valence-corrected chi connectivity index (χ3v) is 15.2. The van der Waals surface area contributed by atoms with Crippen LogP contribution in [0.4, 0.5) is 0 Å². The molecule has 8 fully saturated rings. The number of hydrogen-bond acceptors (Lipinski definition) is 12. The van der Waals surface area contributed by atoms with Gasteiger partial charge >= 0.3 is 0 Å². The zero-order chi connectivity index (χ0) is 39.8. The zero-order valence-corrected chi connectivity index (χ0v) is 34.4. The van der Waals surface area contributed by atoms with Crippen molar-refractivity contribution in [2.75, 3.05) is 26.9 Å². The maximum absolute atomic E-state index is 13.0. The number of morpholine rings is 1. The van der Waals surface area contributed by atoms with Gasteiger partial charge in [-0.1, -0.05) is 20.4 Å². The molecule has 1 aliphatic carbocycles. The lowest BCUT2D eigenvalue weighted by molar-refractivity contribution is -0.345. The predicted molar refractivity (Wildman–Crippen MR) is 207 cm³/mol. The lowest BCUT2D eigenvalue weighted by Crippen LogP contribution is -2.66. The van der Waals surface area contributed by atoms with E-state index in [0.717, 1.165) is 56.8 Å². The van der Waals surface area contributed by atoms with Gasteiger partial charge in [0.15, 0.2) is 5.79 Å². The molecule has 0 radical (unpaired) electrons. The van der Waals surface area contributed by atoms with Gasteiger partial charge in [-0.15, -0.1) is 0 Å². The average molecular weight is 804 g/mol. The summed E-state index contributed by atoms with van der Waals surface area (Å²) in [5.74, 6) is -1.22. The van der Waals surface area contributed by atoms with Crippen LogP contribution in [0.15, 0.2) is 12.2 Å². The summed E-state index contributed by atoms with van der Waals surface area (Å²) in [6.45, 7) is 9.18. The number of hydrogen-bond donors (Lipinski definition) is 3. The van der Waals surface area contributed by atoms with Crippen molar-refractivity contribution in [3.63, 3.8) is 0 Å². The number of ether oxygens (including phenoxy) is 8. The Labute approximate surface area is 338 Å². The van der Waals surface area contributed by atoms with Crippen LogP contribution < -0.4 is 5.32 Å². The van der Waals surface area contributed by atoms with Crippen LogP contribution in [0.25, 0.3) is 0 Å². The summed E-state index contributed by atoms with van der Waals surface area (Å²) < 4.78 is 52.9. The first-order valence-corrected chi connectivity index (χ1v) is 22.4. The Balaban J connectivity index is 1.06. The van der Waals surface area contributed by atoms with Gasteiger partial charge in [-0.05, 0) is 88.0 Å². The Kier molecular flexibility index (Phi) is 13.5. The number of aldehydes is 1. The predicted octanol–water partition coefficient (Wildman–Crippen LogP) is 4.17. The van der Waals surface area contributed by atoms with E-state index in [0.29, 0.717) is 63.3 Å². The van der Waals surface area contributed by atoms with E-state index in [1.807, 2.05) is 0 Å². The second-order valence-corrected chi connectivity index (χ2v) is 19.0. The SMILES string of the molecule is C=C1CC[C@@H]2CC[C@@H]3O[C@@H](CC[C@@](O)(CCO)O[C@@H]4C5C[C@@H](C)[C@@H]5O[C@H]5CC[C@@H](O[C@@H]54)C(C=O)CC[C@@H]4[C@@H](OC)[C@@H](C[C@H]5CNC(=O)CO5)O[C@H]4C[C@H]1O2)CC3C. The van der Waals surface area contributed by atoms with Crippen LogP contribution in [0.3, 0.4) is 0 Å². The van der Waals surface area contributed by atoms with Gasteiger partial charge in [0.2, 0.25) is 5.91 Å². The molecule has 0 spiro atoms. The van der Waals surface area contributed by atoms with Gasteiger partial charge in [-0.2, -0.15) is 0 Å².